The van der Waals surface area contributed by atoms with Gasteiger partial charge < -0.3 is 5.32 Å². The van der Waals surface area contributed by atoms with Gasteiger partial charge in [0, 0.05) is 32.6 Å². The molecule has 0 aromatic carbocycles. The van der Waals surface area contributed by atoms with Crippen molar-refractivity contribution in [2.45, 2.75) is 25.9 Å². The molecule has 1 aliphatic rings. The molecular weight excluding hydrogens is 262 g/mol. The molecular formula is C11H19N7O2. The lowest BCUT2D eigenvalue weighted by molar-refractivity contribution is -0.119. The molecule has 2 amide bonds. The first-order valence-corrected chi connectivity index (χ1v) is 6.49. The molecule has 1 unspecified atom stereocenters. The van der Waals surface area contributed by atoms with Crippen molar-refractivity contribution in [2.24, 2.45) is 5.84 Å². The zero-order valence-electron chi connectivity index (χ0n) is 11.4. The standard InChI is InChI=1S/C11H19N7O2/c1-8(19)13-9-2-3-17(6-9)4-5-18-7-10(15-16-18)11(20)14-12/h7,9H,2-6,12H2,1H3,(H,13,19)(H,14,20). The van der Waals surface area contributed by atoms with Gasteiger partial charge >= 0.3 is 0 Å². The molecule has 1 aliphatic heterocycles. The smallest absolute Gasteiger partial charge is 0.287 e. The molecule has 2 heterocycles. The van der Waals surface area contributed by atoms with Gasteiger partial charge in [0.05, 0.1) is 12.7 Å². The molecule has 9 nitrogen and oxygen atoms in total. The van der Waals surface area contributed by atoms with Gasteiger partial charge in [-0.3, -0.25) is 24.6 Å². The van der Waals surface area contributed by atoms with Crippen LogP contribution < -0.4 is 16.6 Å². The number of carbonyl (C=O) groups is 2. The van der Waals surface area contributed by atoms with E-state index in [-0.39, 0.29) is 17.6 Å². The van der Waals surface area contributed by atoms with Crippen LogP contribution in [0, 0.1) is 0 Å². The summed E-state index contributed by atoms with van der Waals surface area (Å²) in [6, 6.07) is 0.224. The van der Waals surface area contributed by atoms with E-state index in [2.05, 4.69) is 20.5 Å². The Hall–Kier alpha value is -2.00. The Morgan fingerprint density at radius 2 is 2.30 bits per heavy atom. The highest BCUT2D eigenvalue weighted by Gasteiger charge is 2.22. The van der Waals surface area contributed by atoms with E-state index in [0.29, 0.717) is 6.54 Å². The molecule has 9 heteroatoms. The number of nitrogens with zero attached hydrogens (tertiary/aromatic N) is 4. The minimum absolute atomic E-state index is 0.00515. The highest BCUT2D eigenvalue weighted by atomic mass is 16.2. The van der Waals surface area contributed by atoms with Crippen LogP contribution in [0.2, 0.25) is 0 Å². The summed E-state index contributed by atoms with van der Waals surface area (Å²) in [7, 11) is 0. The maximum atomic E-state index is 11.2. The molecule has 20 heavy (non-hydrogen) atoms. The first-order valence-electron chi connectivity index (χ1n) is 6.49. The summed E-state index contributed by atoms with van der Waals surface area (Å²) in [5.41, 5.74) is 2.21. The Morgan fingerprint density at radius 1 is 1.50 bits per heavy atom. The largest absolute Gasteiger partial charge is 0.352 e. The summed E-state index contributed by atoms with van der Waals surface area (Å²) < 4.78 is 1.61. The number of nitrogen functional groups attached to an aromatic ring is 1. The maximum absolute atomic E-state index is 11.2. The Kier molecular flexibility index (Phi) is 4.64. The number of nitrogens with one attached hydrogen (secondary N) is 2. The Bertz CT molecular complexity index is 487. The third kappa shape index (κ3) is 3.75. The van der Waals surface area contributed by atoms with Crippen LogP contribution in [0.4, 0.5) is 0 Å². The SMILES string of the molecule is CC(=O)NC1CCN(CCn2cc(C(=O)NN)nn2)C1. The Balaban J connectivity index is 1.77. The molecule has 1 fully saturated rings. The second-order valence-corrected chi connectivity index (χ2v) is 4.83. The van der Waals surface area contributed by atoms with Crippen LogP contribution in [0.15, 0.2) is 6.20 Å². The van der Waals surface area contributed by atoms with E-state index in [4.69, 9.17) is 5.84 Å². The second kappa shape index (κ2) is 6.44. The zero-order chi connectivity index (χ0) is 14.5. The van der Waals surface area contributed by atoms with E-state index in [9.17, 15) is 9.59 Å². The van der Waals surface area contributed by atoms with Gasteiger partial charge in [0.1, 0.15) is 0 Å². The van der Waals surface area contributed by atoms with Crippen molar-refractivity contribution in [3.05, 3.63) is 11.9 Å². The van der Waals surface area contributed by atoms with Gasteiger partial charge in [-0.2, -0.15) is 0 Å². The minimum atomic E-state index is -0.455. The van der Waals surface area contributed by atoms with Gasteiger partial charge in [0.25, 0.3) is 5.91 Å². The van der Waals surface area contributed by atoms with Crippen molar-refractivity contribution in [1.29, 1.82) is 0 Å². The highest BCUT2D eigenvalue weighted by Crippen LogP contribution is 2.08. The van der Waals surface area contributed by atoms with Gasteiger partial charge in [0.15, 0.2) is 5.69 Å². The van der Waals surface area contributed by atoms with E-state index in [1.165, 1.54) is 6.92 Å². The summed E-state index contributed by atoms with van der Waals surface area (Å²) in [6.07, 6.45) is 2.52. The molecule has 1 aromatic heterocycles. The fraction of sp³-hybridized carbons (Fsp3) is 0.636. The van der Waals surface area contributed by atoms with Gasteiger partial charge in [0.2, 0.25) is 5.91 Å². The molecule has 1 aromatic rings. The fourth-order valence-corrected chi connectivity index (χ4v) is 2.27. The third-order valence-electron chi connectivity index (χ3n) is 3.23. The number of rotatable bonds is 5. The van der Waals surface area contributed by atoms with Gasteiger partial charge in [-0.15, -0.1) is 5.10 Å². The number of nitrogens with two attached hydrogens (primary N) is 1. The van der Waals surface area contributed by atoms with Crippen molar-refractivity contribution >= 4 is 11.8 Å². The van der Waals surface area contributed by atoms with Gasteiger partial charge in [-0.1, -0.05) is 5.21 Å². The molecule has 1 atom stereocenters. The Morgan fingerprint density at radius 3 is 3.00 bits per heavy atom. The molecule has 4 N–H and O–H groups in total. The summed E-state index contributed by atoms with van der Waals surface area (Å²) in [4.78, 5) is 24.5. The number of amides is 2. The lowest BCUT2D eigenvalue weighted by atomic mass is 10.3. The molecule has 0 aliphatic carbocycles. The topological polar surface area (TPSA) is 118 Å². The molecule has 1 saturated heterocycles. The second-order valence-electron chi connectivity index (χ2n) is 4.83. The van der Waals surface area contributed by atoms with Crippen molar-refractivity contribution in [1.82, 2.24) is 30.6 Å². The number of hydrogen-bond donors (Lipinski definition) is 3. The first-order chi connectivity index (χ1) is 9.58. The van der Waals surface area contributed by atoms with Gasteiger partial charge in [-0.05, 0) is 6.42 Å². The maximum Gasteiger partial charge on any atom is 0.287 e. The summed E-state index contributed by atoms with van der Waals surface area (Å²) in [5, 5.41) is 10.5. The number of hydrogen-bond acceptors (Lipinski definition) is 6. The quantitative estimate of drug-likeness (QED) is 0.329. The number of carbonyl (C=O) groups excluding carboxylic acids is 2. The van der Waals surface area contributed by atoms with Crippen LogP contribution in [0.25, 0.3) is 0 Å². The van der Waals surface area contributed by atoms with E-state index >= 15 is 0 Å². The average Bonchev–Trinajstić information content (AvgIpc) is 3.04. The van der Waals surface area contributed by atoms with Crippen LogP contribution in [-0.4, -0.2) is 57.4 Å². The molecule has 110 valence electrons. The number of hydrazine groups is 1. The Labute approximate surface area is 116 Å². The van der Waals surface area contributed by atoms with Crippen molar-refractivity contribution in [3.63, 3.8) is 0 Å². The van der Waals surface area contributed by atoms with E-state index in [1.54, 1.807) is 10.9 Å². The molecule has 0 bridgehead atoms. The van der Waals surface area contributed by atoms with Crippen LogP contribution in [-0.2, 0) is 11.3 Å². The average molecular weight is 281 g/mol. The van der Waals surface area contributed by atoms with Crippen molar-refractivity contribution in [3.8, 4) is 0 Å². The van der Waals surface area contributed by atoms with E-state index in [1.807, 2.05) is 5.43 Å². The normalized spacial score (nSPS) is 19.0. The summed E-state index contributed by atoms with van der Waals surface area (Å²) in [5.74, 6) is 4.57. The van der Waals surface area contributed by atoms with E-state index in [0.717, 1.165) is 26.1 Å². The summed E-state index contributed by atoms with van der Waals surface area (Å²) in [6.45, 7) is 4.74. The molecule has 0 spiro atoms. The van der Waals surface area contributed by atoms with E-state index < -0.39 is 5.91 Å². The third-order valence-corrected chi connectivity index (χ3v) is 3.23. The first kappa shape index (κ1) is 14.4. The zero-order valence-corrected chi connectivity index (χ0v) is 11.4. The lowest BCUT2D eigenvalue weighted by Crippen LogP contribution is -2.36. The predicted molar refractivity (Wildman–Crippen MR) is 70.3 cm³/mol. The van der Waals surface area contributed by atoms with Crippen LogP contribution in [0.1, 0.15) is 23.8 Å². The number of aromatic nitrogens is 3. The van der Waals surface area contributed by atoms with Gasteiger partial charge in [-0.25, -0.2) is 5.84 Å². The molecule has 0 radical (unpaired) electrons. The van der Waals surface area contributed by atoms with Crippen molar-refractivity contribution < 1.29 is 9.59 Å². The fourth-order valence-electron chi connectivity index (χ4n) is 2.27. The minimum Gasteiger partial charge on any atom is -0.352 e. The molecule has 0 saturated carbocycles. The lowest BCUT2D eigenvalue weighted by Gasteiger charge is -2.15. The van der Waals surface area contributed by atoms with Crippen LogP contribution in [0.5, 0.6) is 0 Å². The van der Waals surface area contributed by atoms with Crippen LogP contribution >= 0.6 is 0 Å². The number of likely N-dealkylation sites (tertiary alicyclic amines) is 1. The van der Waals surface area contributed by atoms with Crippen LogP contribution in [0.3, 0.4) is 0 Å². The molecule has 2 rings (SSSR count). The summed E-state index contributed by atoms with van der Waals surface area (Å²) >= 11 is 0. The van der Waals surface area contributed by atoms with Crippen molar-refractivity contribution in [2.75, 3.05) is 19.6 Å². The highest BCUT2D eigenvalue weighted by molar-refractivity contribution is 5.91. The monoisotopic (exact) mass is 281 g/mol. The predicted octanol–water partition coefficient (Wildman–Crippen LogP) is -1.91.